The van der Waals surface area contributed by atoms with E-state index in [0.29, 0.717) is 18.4 Å². The van der Waals surface area contributed by atoms with Gasteiger partial charge in [-0.3, -0.25) is 4.79 Å². The molecule has 5 nitrogen and oxygen atoms in total. The number of fused-ring (bicyclic) bond motifs is 1. The molecule has 0 aromatic heterocycles. The van der Waals surface area contributed by atoms with Crippen LogP contribution in [0.5, 0.6) is 11.5 Å². The van der Waals surface area contributed by atoms with Crippen LogP contribution in [0.25, 0.3) is 0 Å². The summed E-state index contributed by atoms with van der Waals surface area (Å²) in [5, 5.41) is 3.71. The van der Waals surface area contributed by atoms with Gasteiger partial charge >= 0.3 is 0 Å². The minimum atomic E-state index is 0.222. The zero-order chi connectivity index (χ0) is 15.8. The molecule has 3 aliphatic rings. The van der Waals surface area contributed by atoms with E-state index in [2.05, 4.69) is 16.3 Å². The van der Waals surface area contributed by atoms with E-state index < -0.39 is 0 Å². The lowest BCUT2D eigenvalue weighted by Gasteiger charge is -2.23. The summed E-state index contributed by atoms with van der Waals surface area (Å²) in [6, 6.07) is 6.97. The Morgan fingerprint density at radius 2 is 2.17 bits per heavy atom. The first kappa shape index (κ1) is 14.8. The van der Waals surface area contributed by atoms with Gasteiger partial charge in [-0.25, -0.2) is 0 Å². The molecular formula is C18H24N2O3. The highest BCUT2D eigenvalue weighted by atomic mass is 16.5. The van der Waals surface area contributed by atoms with Crippen molar-refractivity contribution in [3.8, 4) is 11.5 Å². The minimum Gasteiger partial charge on any atom is -0.497 e. The monoisotopic (exact) mass is 316 g/mol. The number of nitrogens with zero attached hydrogens (tertiary/aromatic N) is 1. The molecule has 1 aromatic carbocycles. The topological polar surface area (TPSA) is 50.8 Å². The third kappa shape index (κ3) is 3.02. The first-order chi connectivity index (χ1) is 11.2. The number of carbonyl (C=O) groups excluding carboxylic acids is 1. The number of carbonyl (C=O) groups is 1. The molecule has 5 heteroatoms. The van der Waals surface area contributed by atoms with Crippen LogP contribution in [0.3, 0.4) is 0 Å². The van der Waals surface area contributed by atoms with Gasteiger partial charge in [0.05, 0.1) is 13.7 Å². The molecule has 124 valence electrons. The smallest absolute Gasteiger partial charge is 0.224 e. The maximum Gasteiger partial charge on any atom is 0.224 e. The van der Waals surface area contributed by atoms with Crippen LogP contribution in [0, 0.1) is 0 Å². The Balaban J connectivity index is 1.51. The fourth-order valence-electron chi connectivity index (χ4n) is 3.72. The van der Waals surface area contributed by atoms with Crippen molar-refractivity contribution in [2.75, 3.05) is 20.3 Å². The second-order valence-electron chi connectivity index (χ2n) is 6.79. The van der Waals surface area contributed by atoms with Crippen molar-refractivity contribution in [2.24, 2.45) is 0 Å². The zero-order valence-corrected chi connectivity index (χ0v) is 13.6. The molecule has 0 radical (unpaired) electrons. The Labute approximate surface area is 136 Å². The Hall–Kier alpha value is -1.75. The van der Waals surface area contributed by atoms with Crippen molar-refractivity contribution >= 4 is 5.91 Å². The van der Waals surface area contributed by atoms with Crippen molar-refractivity contribution in [1.82, 2.24) is 10.2 Å². The van der Waals surface area contributed by atoms with E-state index in [0.717, 1.165) is 43.1 Å². The van der Waals surface area contributed by atoms with E-state index >= 15 is 0 Å². The summed E-state index contributed by atoms with van der Waals surface area (Å²) in [7, 11) is 1.69. The number of hydrogen-bond donors (Lipinski definition) is 1. The molecule has 1 saturated carbocycles. The molecule has 2 fully saturated rings. The summed E-state index contributed by atoms with van der Waals surface area (Å²) in [6.07, 6.45) is 5.01. The summed E-state index contributed by atoms with van der Waals surface area (Å²) in [5.41, 5.74) is 1.15. The molecule has 23 heavy (non-hydrogen) atoms. The quantitative estimate of drug-likeness (QED) is 0.926. The zero-order valence-electron chi connectivity index (χ0n) is 13.6. The number of methoxy groups -OCH3 is 1. The van der Waals surface area contributed by atoms with Gasteiger partial charge in [0.15, 0.2) is 0 Å². The van der Waals surface area contributed by atoms with Gasteiger partial charge in [0.1, 0.15) is 11.5 Å². The molecule has 1 aliphatic carbocycles. The predicted octanol–water partition coefficient (Wildman–Crippen LogP) is 2.26. The fourth-order valence-corrected chi connectivity index (χ4v) is 3.72. The van der Waals surface area contributed by atoms with Crippen LogP contribution in [0.2, 0.25) is 0 Å². The van der Waals surface area contributed by atoms with Crippen molar-refractivity contribution in [3.63, 3.8) is 0 Å². The second kappa shape index (κ2) is 6.04. The maximum atomic E-state index is 12.2. The molecule has 2 heterocycles. The van der Waals surface area contributed by atoms with Crippen LogP contribution in [-0.2, 0) is 4.79 Å². The van der Waals surface area contributed by atoms with Gasteiger partial charge in [0.25, 0.3) is 0 Å². The van der Waals surface area contributed by atoms with E-state index in [4.69, 9.17) is 9.47 Å². The lowest BCUT2D eigenvalue weighted by atomic mass is 10.0. The number of nitrogens with one attached hydrogen (secondary N) is 1. The van der Waals surface area contributed by atoms with Gasteiger partial charge in [-0.05, 0) is 43.9 Å². The average molecular weight is 316 g/mol. The maximum absolute atomic E-state index is 12.2. The van der Waals surface area contributed by atoms with Gasteiger partial charge in [0.2, 0.25) is 5.91 Å². The molecule has 1 amide bonds. The standard InChI is InChI=1S/C18H24N2O3/c1-22-14-6-7-17-15(10-14)16(3-2-8-23-17)19-12-9-18(21)20(11-12)13-4-5-13/h6-7,10,12-13,16,19H,2-5,8-9,11H2,1H3/t12-,16-/m0/s1. The number of rotatable bonds is 4. The molecule has 0 spiro atoms. The summed E-state index contributed by atoms with van der Waals surface area (Å²) < 4.78 is 11.2. The molecule has 0 unspecified atom stereocenters. The summed E-state index contributed by atoms with van der Waals surface area (Å²) in [5.74, 6) is 2.09. The number of likely N-dealkylation sites (tertiary alicyclic amines) is 1. The first-order valence-electron chi connectivity index (χ1n) is 8.61. The summed E-state index contributed by atoms with van der Waals surface area (Å²) in [6.45, 7) is 1.59. The third-order valence-electron chi connectivity index (χ3n) is 5.07. The van der Waals surface area contributed by atoms with E-state index in [-0.39, 0.29) is 12.1 Å². The van der Waals surface area contributed by atoms with Gasteiger partial charge < -0.3 is 19.7 Å². The van der Waals surface area contributed by atoms with Crippen LogP contribution in [0.1, 0.15) is 43.7 Å². The highest BCUT2D eigenvalue weighted by Gasteiger charge is 2.40. The average Bonchev–Trinajstić information content (AvgIpc) is 3.35. The molecule has 2 aliphatic heterocycles. The minimum absolute atomic E-state index is 0.222. The molecule has 0 bridgehead atoms. The SMILES string of the molecule is COc1ccc2c(c1)[C@@H](N[C@H]1CC(=O)N(C3CC3)C1)CCCO2. The fraction of sp³-hybridized carbons (Fsp3) is 0.611. The molecular weight excluding hydrogens is 292 g/mol. The first-order valence-corrected chi connectivity index (χ1v) is 8.61. The van der Waals surface area contributed by atoms with E-state index in [1.54, 1.807) is 7.11 Å². The summed E-state index contributed by atoms with van der Waals surface area (Å²) >= 11 is 0. The van der Waals surface area contributed by atoms with Crippen molar-refractivity contribution in [1.29, 1.82) is 0 Å². The van der Waals surface area contributed by atoms with Crippen LogP contribution < -0.4 is 14.8 Å². The molecule has 1 N–H and O–H groups in total. The summed E-state index contributed by atoms with van der Waals surface area (Å²) in [4.78, 5) is 14.2. The van der Waals surface area contributed by atoms with Gasteiger partial charge in [-0.15, -0.1) is 0 Å². The third-order valence-corrected chi connectivity index (χ3v) is 5.07. The highest BCUT2D eigenvalue weighted by molar-refractivity contribution is 5.80. The lowest BCUT2D eigenvalue weighted by Crippen LogP contribution is -2.36. The largest absolute Gasteiger partial charge is 0.497 e. The Kier molecular flexibility index (Phi) is 3.89. The number of hydrogen-bond acceptors (Lipinski definition) is 4. The highest BCUT2D eigenvalue weighted by Crippen LogP contribution is 2.36. The van der Waals surface area contributed by atoms with Crippen molar-refractivity contribution < 1.29 is 14.3 Å². The second-order valence-corrected chi connectivity index (χ2v) is 6.79. The van der Waals surface area contributed by atoms with Crippen LogP contribution in [0.4, 0.5) is 0 Å². The van der Waals surface area contributed by atoms with Crippen LogP contribution in [-0.4, -0.2) is 43.2 Å². The molecule has 2 atom stereocenters. The number of ether oxygens (including phenoxy) is 2. The van der Waals surface area contributed by atoms with E-state index in [9.17, 15) is 4.79 Å². The molecule has 1 saturated heterocycles. The van der Waals surface area contributed by atoms with Crippen molar-refractivity contribution in [2.45, 2.75) is 50.2 Å². The Morgan fingerprint density at radius 3 is 2.96 bits per heavy atom. The predicted molar refractivity (Wildman–Crippen MR) is 86.7 cm³/mol. The number of benzene rings is 1. The lowest BCUT2D eigenvalue weighted by molar-refractivity contribution is -0.128. The van der Waals surface area contributed by atoms with E-state index in [1.165, 1.54) is 12.8 Å². The normalized spacial score (nSPS) is 27.3. The Bertz CT molecular complexity index is 600. The van der Waals surface area contributed by atoms with E-state index in [1.807, 2.05) is 12.1 Å². The van der Waals surface area contributed by atoms with Gasteiger partial charge in [0, 0.05) is 36.7 Å². The van der Waals surface area contributed by atoms with Crippen LogP contribution in [0.15, 0.2) is 18.2 Å². The van der Waals surface area contributed by atoms with Gasteiger partial charge in [-0.2, -0.15) is 0 Å². The van der Waals surface area contributed by atoms with Crippen LogP contribution >= 0.6 is 0 Å². The molecule has 1 aromatic rings. The van der Waals surface area contributed by atoms with Crippen molar-refractivity contribution in [3.05, 3.63) is 23.8 Å². The van der Waals surface area contributed by atoms with Gasteiger partial charge in [-0.1, -0.05) is 0 Å². The number of amides is 1. The Morgan fingerprint density at radius 1 is 1.30 bits per heavy atom. The molecule has 4 rings (SSSR count).